The van der Waals surface area contributed by atoms with Crippen molar-refractivity contribution in [3.8, 4) is 0 Å². The van der Waals surface area contributed by atoms with Gasteiger partial charge in [-0.3, -0.25) is 4.79 Å². The second-order valence-corrected chi connectivity index (χ2v) is 5.12. The Bertz CT molecular complexity index is 331. The molecule has 1 saturated heterocycles. The third-order valence-electron chi connectivity index (χ3n) is 3.96. The second kappa shape index (κ2) is 5.41. The average molecular weight is 254 g/mol. The first-order chi connectivity index (χ1) is 8.58. The minimum atomic E-state index is -0.480. The van der Waals surface area contributed by atoms with Crippen molar-refractivity contribution in [2.24, 2.45) is 11.8 Å². The fourth-order valence-corrected chi connectivity index (χ4v) is 2.85. The standard InChI is InChI=1S/C14H22O4/c1-4-16-13(15)11(3)12-9-14(6-5-10(12)2)17-7-8-18-14/h11-12H,2,4-9H2,1,3H3/t11-,12+/m1/s1. The molecule has 4 nitrogen and oxygen atoms in total. The Hall–Kier alpha value is -0.870. The first kappa shape index (κ1) is 13.6. The first-order valence-corrected chi connectivity index (χ1v) is 6.70. The van der Waals surface area contributed by atoms with Crippen LogP contribution in [0.1, 0.15) is 33.1 Å². The van der Waals surface area contributed by atoms with E-state index in [0.29, 0.717) is 26.2 Å². The van der Waals surface area contributed by atoms with Gasteiger partial charge in [0.25, 0.3) is 0 Å². The highest BCUT2D eigenvalue weighted by atomic mass is 16.7. The van der Waals surface area contributed by atoms with Gasteiger partial charge in [0.05, 0.1) is 25.7 Å². The highest BCUT2D eigenvalue weighted by Gasteiger charge is 2.45. The van der Waals surface area contributed by atoms with Crippen molar-refractivity contribution in [2.75, 3.05) is 19.8 Å². The van der Waals surface area contributed by atoms with Crippen molar-refractivity contribution in [2.45, 2.75) is 38.9 Å². The maximum Gasteiger partial charge on any atom is 0.309 e. The molecule has 0 aromatic rings. The van der Waals surface area contributed by atoms with Crippen molar-refractivity contribution in [1.82, 2.24) is 0 Å². The lowest BCUT2D eigenvalue weighted by Gasteiger charge is -2.39. The molecule has 1 aliphatic heterocycles. The van der Waals surface area contributed by atoms with E-state index in [1.807, 2.05) is 13.8 Å². The summed E-state index contributed by atoms with van der Waals surface area (Å²) in [7, 11) is 0. The second-order valence-electron chi connectivity index (χ2n) is 5.12. The van der Waals surface area contributed by atoms with Crippen LogP contribution >= 0.6 is 0 Å². The van der Waals surface area contributed by atoms with Crippen LogP contribution in [-0.2, 0) is 19.0 Å². The van der Waals surface area contributed by atoms with Crippen LogP contribution in [0.3, 0.4) is 0 Å². The summed E-state index contributed by atoms with van der Waals surface area (Å²) >= 11 is 0. The molecule has 2 rings (SSSR count). The quantitative estimate of drug-likeness (QED) is 0.572. The SMILES string of the molecule is C=C1CCC2(C[C@@H]1[C@@H](C)C(=O)OCC)OCCO2. The van der Waals surface area contributed by atoms with E-state index in [1.54, 1.807) is 0 Å². The Morgan fingerprint density at radius 3 is 2.83 bits per heavy atom. The predicted molar refractivity (Wildman–Crippen MR) is 66.9 cm³/mol. The molecule has 0 aromatic heterocycles. The molecule has 0 unspecified atom stereocenters. The van der Waals surface area contributed by atoms with Crippen molar-refractivity contribution in [3.05, 3.63) is 12.2 Å². The Balaban J connectivity index is 2.05. The van der Waals surface area contributed by atoms with Gasteiger partial charge in [-0.05, 0) is 19.3 Å². The third kappa shape index (κ3) is 2.59. The molecule has 0 bridgehead atoms. The van der Waals surface area contributed by atoms with Gasteiger partial charge in [0, 0.05) is 12.8 Å². The van der Waals surface area contributed by atoms with Gasteiger partial charge >= 0.3 is 5.97 Å². The Kier molecular flexibility index (Phi) is 4.07. The van der Waals surface area contributed by atoms with Gasteiger partial charge in [0.15, 0.2) is 5.79 Å². The van der Waals surface area contributed by atoms with Gasteiger partial charge in [-0.1, -0.05) is 19.1 Å². The summed E-state index contributed by atoms with van der Waals surface area (Å²) in [5.74, 6) is -0.718. The van der Waals surface area contributed by atoms with Crippen LogP contribution in [0.15, 0.2) is 12.2 Å². The lowest BCUT2D eigenvalue weighted by molar-refractivity contribution is -0.185. The predicted octanol–water partition coefficient (Wildman–Crippen LogP) is 2.29. The summed E-state index contributed by atoms with van der Waals surface area (Å²) in [6.45, 7) is 9.53. The summed E-state index contributed by atoms with van der Waals surface area (Å²) in [5, 5.41) is 0. The number of carbonyl (C=O) groups excluding carboxylic acids is 1. The third-order valence-corrected chi connectivity index (χ3v) is 3.96. The van der Waals surface area contributed by atoms with E-state index in [1.165, 1.54) is 0 Å². The van der Waals surface area contributed by atoms with Crippen LogP contribution in [0, 0.1) is 11.8 Å². The largest absolute Gasteiger partial charge is 0.466 e. The van der Waals surface area contributed by atoms with Crippen molar-refractivity contribution in [1.29, 1.82) is 0 Å². The average Bonchev–Trinajstić information content (AvgIpc) is 2.81. The first-order valence-electron chi connectivity index (χ1n) is 6.70. The number of hydrogen-bond donors (Lipinski definition) is 0. The number of ether oxygens (including phenoxy) is 3. The molecule has 0 radical (unpaired) electrons. The maximum atomic E-state index is 11.8. The van der Waals surface area contributed by atoms with Crippen LogP contribution in [-0.4, -0.2) is 31.6 Å². The summed E-state index contributed by atoms with van der Waals surface area (Å²) in [5.41, 5.74) is 1.11. The van der Waals surface area contributed by atoms with E-state index < -0.39 is 5.79 Å². The molecule has 1 aliphatic carbocycles. The number of esters is 1. The van der Waals surface area contributed by atoms with Crippen LogP contribution in [0.25, 0.3) is 0 Å². The van der Waals surface area contributed by atoms with E-state index in [4.69, 9.17) is 14.2 Å². The van der Waals surface area contributed by atoms with Crippen LogP contribution < -0.4 is 0 Å². The highest BCUT2D eigenvalue weighted by Crippen LogP contribution is 2.43. The summed E-state index contributed by atoms with van der Waals surface area (Å²) < 4.78 is 16.6. The molecule has 2 aliphatic rings. The molecule has 2 fully saturated rings. The molecular formula is C14H22O4. The van der Waals surface area contributed by atoms with Gasteiger partial charge in [-0.2, -0.15) is 0 Å². The van der Waals surface area contributed by atoms with E-state index in [0.717, 1.165) is 18.4 Å². The maximum absolute atomic E-state index is 11.8. The molecular weight excluding hydrogens is 232 g/mol. The van der Waals surface area contributed by atoms with Gasteiger partial charge in [0.1, 0.15) is 0 Å². The van der Waals surface area contributed by atoms with Gasteiger partial charge < -0.3 is 14.2 Å². The highest BCUT2D eigenvalue weighted by molar-refractivity contribution is 5.72. The number of allylic oxidation sites excluding steroid dienone is 1. The summed E-state index contributed by atoms with van der Waals surface area (Å²) in [6.07, 6.45) is 2.41. The molecule has 18 heavy (non-hydrogen) atoms. The van der Waals surface area contributed by atoms with E-state index in [9.17, 15) is 4.79 Å². The summed E-state index contributed by atoms with van der Waals surface area (Å²) in [4.78, 5) is 11.8. The number of hydrogen-bond acceptors (Lipinski definition) is 4. The van der Waals surface area contributed by atoms with Gasteiger partial charge in [-0.15, -0.1) is 0 Å². The molecule has 102 valence electrons. The molecule has 0 N–H and O–H groups in total. The van der Waals surface area contributed by atoms with E-state index in [-0.39, 0.29) is 17.8 Å². The molecule has 2 atom stereocenters. The van der Waals surface area contributed by atoms with Gasteiger partial charge in [0.2, 0.25) is 0 Å². The van der Waals surface area contributed by atoms with Crippen molar-refractivity contribution < 1.29 is 19.0 Å². The Labute approximate surface area is 108 Å². The molecule has 4 heteroatoms. The monoisotopic (exact) mass is 254 g/mol. The number of carbonyl (C=O) groups is 1. The fraction of sp³-hybridized carbons (Fsp3) is 0.786. The number of rotatable bonds is 3. The minimum Gasteiger partial charge on any atom is -0.466 e. The fourth-order valence-electron chi connectivity index (χ4n) is 2.85. The van der Waals surface area contributed by atoms with Gasteiger partial charge in [-0.25, -0.2) is 0 Å². The Morgan fingerprint density at radius 2 is 2.22 bits per heavy atom. The van der Waals surface area contributed by atoms with Crippen molar-refractivity contribution >= 4 is 5.97 Å². The minimum absolute atomic E-state index is 0.0934. The molecule has 1 spiro atoms. The zero-order valence-corrected chi connectivity index (χ0v) is 11.2. The van der Waals surface area contributed by atoms with E-state index in [2.05, 4.69) is 6.58 Å². The Morgan fingerprint density at radius 1 is 1.56 bits per heavy atom. The van der Waals surface area contributed by atoms with Crippen LogP contribution in [0.2, 0.25) is 0 Å². The molecule has 1 heterocycles. The zero-order chi connectivity index (χ0) is 13.2. The molecule has 1 saturated carbocycles. The van der Waals surface area contributed by atoms with Crippen LogP contribution in [0.5, 0.6) is 0 Å². The smallest absolute Gasteiger partial charge is 0.309 e. The topological polar surface area (TPSA) is 44.8 Å². The molecule has 0 amide bonds. The van der Waals surface area contributed by atoms with Crippen molar-refractivity contribution in [3.63, 3.8) is 0 Å². The van der Waals surface area contributed by atoms with Crippen LogP contribution in [0.4, 0.5) is 0 Å². The zero-order valence-electron chi connectivity index (χ0n) is 11.2. The molecule has 0 aromatic carbocycles. The van der Waals surface area contributed by atoms with E-state index >= 15 is 0 Å². The summed E-state index contributed by atoms with van der Waals surface area (Å²) in [6, 6.07) is 0. The lowest BCUT2D eigenvalue weighted by atomic mass is 9.75. The normalized spacial score (nSPS) is 28.3. The lowest BCUT2D eigenvalue weighted by Crippen LogP contribution is -2.40.